The van der Waals surface area contributed by atoms with Crippen LogP contribution in [0.3, 0.4) is 0 Å². The molecule has 3 rings (SSSR count). The molecule has 0 bridgehead atoms. The van der Waals surface area contributed by atoms with Crippen molar-refractivity contribution in [3.63, 3.8) is 0 Å². The van der Waals surface area contributed by atoms with Gasteiger partial charge in [-0.25, -0.2) is 4.79 Å². The van der Waals surface area contributed by atoms with Crippen LogP contribution in [0.25, 0.3) is 11.1 Å². The SMILES string of the molecule is COC(=O)c1cc(C(=O)NCC(C)C)ccc1-c1c(O)cccc1C(=O)Nc1ccc(C(=N)N)cc1. The van der Waals surface area contributed by atoms with Crippen molar-refractivity contribution in [3.05, 3.63) is 82.9 Å². The lowest BCUT2D eigenvalue weighted by molar-refractivity contribution is 0.0601. The Balaban J connectivity index is 2.03. The van der Waals surface area contributed by atoms with Crippen molar-refractivity contribution < 1.29 is 24.2 Å². The van der Waals surface area contributed by atoms with E-state index in [4.69, 9.17) is 15.9 Å². The summed E-state index contributed by atoms with van der Waals surface area (Å²) >= 11 is 0. The summed E-state index contributed by atoms with van der Waals surface area (Å²) in [4.78, 5) is 38.4. The fraction of sp³-hybridized carbons (Fsp3) is 0.185. The van der Waals surface area contributed by atoms with Gasteiger partial charge in [-0.15, -0.1) is 0 Å². The van der Waals surface area contributed by atoms with Crippen LogP contribution in [-0.4, -0.2) is 42.4 Å². The second-order valence-corrected chi connectivity index (χ2v) is 8.50. The molecule has 9 heteroatoms. The molecule has 9 nitrogen and oxygen atoms in total. The molecule has 0 saturated heterocycles. The second kappa shape index (κ2) is 11.2. The highest BCUT2D eigenvalue weighted by Crippen LogP contribution is 2.36. The maximum atomic E-state index is 13.2. The van der Waals surface area contributed by atoms with Gasteiger partial charge in [-0.2, -0.15) is 0 Å². The number of amides is 2. The van der Waals surface area contributed by atoms with Crippen molar-refractivity contribution in [2.75, 3.05) is 19.0 Å². The van der Waals surface area contributed by atoms with Crippen LogP contribution in [0.15, 0.2) is 60.7 Å². The van der Waals surface area contributed by atoms with E-state index >= 15 is 0 Å². The Bertz CT molecular complexity index is 1320. The largest absolute Gasteiger partial charge is 0.507 e. The highest BCUT2D eigenvalue weighted by atomic mass is 16.5. The Labute approximate surface area is 208 Å². The molecule has 0 aliphatic carbocycles. The van der Waals surface area contributed by atoms with Crippen molar-refractivity contribution in [1.82, 2.24) is 5.32 Å². The van der Waals surface area contributed by atoms with Gasteiger partial charge in [0.25, 0.3) is 11.8 Å². The number of nitrogens with two attached hydrogens (primary N) is 1. The molecule has 3 aromatic carbocycles. The molecule has 3 aromatic rings. The molecule has 0 aliphatic heterocycles. The molecule has 0 saturated carbocycles. The van der Waals surface area contributed by atoms with Crippen LogP contribution in [0.4, 0.5) is 5.69 Å². The van der Waals surface area contributed by atoms with Crippen LogP contribution < -0.4 is 16.4 Å². The van der Waals surface area contributed by atoms with Crippen LogP contribution >= 0.6 is 0 Å². The number of amidine groups is 1. The Kier molecular flexibility index (Phi) is 8.06. The van der Waals surface area contributed by atoms with E-state index in [9.17, 15) is 19.5 Å². The first kappa shape index (κ1) is 26.0. The van der Waals surface area contributed by atoms with E-state index in [1.54, 1.807) is 24.3 Å². The smallest absolute Gasteiger partial charge is 0.338 e. The van der Waals surface area contributed by atoms with Gasteiger partial charge < -0.3 is 26.2 Å². The Morgan fingerprint density at radius 3 is 2.25 bits per heavy atom. The molecule has 0 aromatic heterocycles. The molecule has 0 aliphatic rings. The Morgan fingerprint density at radius 1 is 0.972 bits per heavy atom. The summed E-state index contributed by atoms with van der Waals surface area (Å²) in [7, 11) is 1.21. The number of benzene rings is 3. The summed E-state index contributed by atoms with van der Waals surface area (Å²) in [5.74, 6) is -1.69. The molecular weight excluding hydrogens is 460 g/mol. The fourth-order valence-electron chi connectivity index (χ4n) is 3.53. The number of phenols is 1. The summed E-state index contributed by atoms with van der Waals surface area (Å²) in [6, 6.07) is 15.2. The normalized spacial score (nSPS) is 10.6. The van der Waals surface area contributed by atoms with Gasteiger partial charge in [0, 0.05) is 34.5 Å². The molecular formula is C27H28N4O5. The van der Waals surface area contributed by atoms with Gasteiger partial charge in [0.15, 0.2) is 0 Å². The molecule has 0 unspecified atom stereocenters. The average molecular weight is 489 g/mol. The van der Waals surface area contributed by atoms with Crippen molar-refractivity contribution >= 4 is 29.3 Å². The number of carbonyl (C=O) groups is 3. The molecule has 0 atom stereocenters. The van der Waals surface area contributed by atoms with E-state index in [0.717, 1.165) is 0 Å². The molecule has 6 N–H and O–H groups in total. The number of nitrogen functional groups attached to an aromatic ring is 1. The lowest BCUT2D eigenvalue weighted by Crippen LogP contribution is -2.27. The van der Waals surface area contributed by atoms with E-state index in [2.05, 4.69) is 10.6 Å². The maximum absolute atomic E-state index is 13.2. The number of nitrogens with one attached hydrogen (secondary N) is 3. The molecule has 186 valence electrons. The van der Waals surface area contributed by atoms with Gasteiger partial charge in [-0.05, 0) is 54.4 Å². The standard InChI is InChI=1S/C27H28N4O5/c1-15(2)14-30-25(33)17-9-12-19(21(13-17)27(35)36-3)23-20(5-4-6-22(23)32)26(34)31-18-10-7-16(8-11-18)24(28)29/h4-13,15,32H,14H2,1-3H3,(H3,28,29)(H,30,33)(H,31,34). The van der Waals surface area contributed by atoms with E-state index in [1.165, 1.54) is 43.5 Å². The fourth-order valence-corrected chi connectivity index (χ4v) is 3.53. The minimum Gasteiger partial charge on any atom is -0.507 e. The maximum Gasteiger partial charge on any atom is 0.338 e. The van der Waals surface area contributed by atoms with Crippen LogP contribution in [0.2, 0.25) is 0 Å². The number of methoxy groups -OCH3 is 1. The van der Waals surface area contributed by atoms with E-state index < -0.39 is 11.9 Å². The van der Waals surface area contributed by atoms with E-state index in [0.29, 0.717) is 17.8 Å². The quantitative estimate of drug-likeness (QED) is 0.185. The number of phenolic OH excluding ortho intramolecular Hbond substituents is 1. The number of hydrogen-bond acceptors (Lipinski definition) is 6. The van der Waals surface area contributed by atoms with Crippen LogP contribution in [-0.2, 0) is 4.74 Å². The predicted molar refractivity (Wildman–Crippen MR) is 137 cm³/mol. The summed E-state index contributed by atoms with van der Waals surface area (Å²) < 4.78 is 4.92. The highest BCUT2D eigenvalue weighted by molar-refractivity contribution is 6.12. The number of carbonyl (C=O) groups excluding carboxylic acids is 3. The Hall–Kier alpha value is -4.66. The highest BCUT2D eigenvalue weighted by Gasteiger charge is 2.23. The van der Waals surface area contributed by atoms with Crippen molar-refractivity contribution in [1.29, 1.82) is 5.41 Å². The van der Waals surface area contributed by atoms with Crippen LogP contribution in [0.1, 0.15) is 50.5 Å². The van der Waals surface area contributed by atoms with Crippen LogP contribution in [0.5, 0.6) is 5.75 Å². The number of rotatable bonds is 8. The molecule has 0 spiro atoms. The number of aromatic hydroxyl groups is 1. The van der Waals surface area contributed by atoms with E-state index in [-0.39, 0.29) is 51.2 Å². The third-order valence-electron chi connectivity index (χ3n) is 5.37. The van der Waals surface area contributed by atoms with Gasteiger partial charge >= 0.3 is 5.97 Å². The summed E-state index contributed by atoms with van der Waals surface area (Å²) in [6.07, 6.45) is 0. The second-order valence-electron chi connectivity index (χ2n) is 8.50. The third kappa shape index (κ3) is 5.87. The molecule has 2 amide bonds. The number of hydrogen-bond donors (Lipinski definition) is 5. The molecule has 0 radical (unpaired) electrons. The van der Waals surface area contributed by atoms with Gasteiger partial charge in [0.2, 0.25) is 0 Å². The monoisotopic (exact) mass is 488 g/mol. The third-order valence-corrected chi connectivity index (χ3v) is 5.37. The summed E-state index contributed by atoms with van der Waals surface area (Å²) in [6.45, 7) is 4.39. The van der Waals surface area contributed by atoms with Crippen molar-refractivity contribution in [2.45, 2.75) is 13.8 Å². The molecule has 36 heavy (non-hydrogen) atoms. The zero-order valence-corrected chi connectivity index (χ0v) is 20.2. The van der Waals surface area contributed by atoms with Gasteiger partial charge in [0.05, 0.1) is 18.2 Å². The van der Waals surface area contributed by atoms with Crippen LogP contribution in [0, 0.1) is 11.3 Å². The minimum absolute atomic E-state index is 0.0241. The van der Waals surface area contributed by atoms with Crippen molar-refractivity contribution in [2.24, 2.45) is 11.7 Å². The van der Waals surface area contributed by atoms with Crippen molar-refractivity contribution in [3.8, 4) is 16.9 Å². The Morgan fingerprint density at radius 2 is 1.64 bits per heavy atom. The van der Waals surface area contributed by atoms with Gasteiger partial charge in [-0.3, -0.25) is 15.0 Å². The molecule has 0 fully saturated rings. The van der Waals surface area contributed by atoms with Gasteiger partial charge in [-0.1, -0.05) is 26.0 Å². The average Bonchev–Trinajstić information content (AvgIpc) is 2.86. The minimum atomic E-state index is -0.724. The first-order valence-electron chi connectivity index (χ1n) is 11.2. The number of anilines is 1. The zero-order chi connectivity index (χ0) is 26.4. The summed E-state index contributed by atoms with van der Waals surface area (Å²) in [5, 5.41) is 23.7. The predicted octanol–water partition coefficient (Wildman–Crippen LogP) is 3.77. The first-order valence-corrected chi connectivity index (χ1v) is 11.2. The lowest BCUT2D eigenvalue weighted by atomic mass is 9.92. The number of ether oxygens (including phenoxy) is 1. The lowest BCUT2D eigenvalue weighted by Gasteiger charge is -2.16. The zero-order valence-electron chi connectivity index (χ0n) is 20.2. The van der Waals surface area contributed by atoms with E-state index in [1.807, 2.05) is 13.8 Å². The molecule has 0 heterocycles. The van der Waals surface area contributed by atoms with Gasteiger partial charge in [0.1, 0.15) is 11.6 Å². The first-order chi connectivity index (χ1) is 17.1. The number of esters is 1. The summed E-state index contributed by atoms with van der Waals surface area (Å²) in [5.41, 5.74) is 7.15. The topological polar surface area (TPSA) is 155 Å².